The first kappa shape index (κ1) is 16.3. The molecule has 112 valence electrons. The van der Waals surface area contributed by atoms with Crippen molar-refractivity contribution in [1.29, 1.82) is 0 Å². The third kappa shape index (κ3) is 3.99. The van der Waals surface area contributed by atoms with Crippen LogP contribution < -0.4 is 9.47 Å². The van der Waals surface area contributed by atoms with Crippen LogP contribution in [-0.4, -0.2) is 17.7 Å². The minimum absolute atomic E-state index is 0.148. The van der Waals surface area contributed by atoms with Gasteiger partial charge in [0.15, 0.2) is 11.5 Å². The van der Waals surface area contributed by atoms with Gasteiger partial charge in [0.1, 0.15) is 6.61 Å². The Morgan fingerprint density at radius 2 is 2.05 bits per heavy atom. The molecule has 1 aromatic heterocycles. The van der Waals surface area contributed by atoms with Crippen molar-refractivity contribution in [3.63, 3.8) is 0 Å². The molecule has 0 amide bonds. The van der Waals surface area contributed by atoms with Crippen LogP contribution in [0, 0.1) is 0 Å². The molecule has 0 saturated carbocycles. The van der Waals surface area contributed by atoms with Gasteiger partial charge in [0.2, 0.25) is 0 Å². The highest BCUT2D eigenvalue weighted by atomic mass is 79.9. The van der Waals surface area contributed by atoms with Crippen LogP contribution in [0.5, 0.6) is 11.5 Å². The molecule has 0 aliphatic rings. The molecule has 1 heterocycles. The molecular formula is C14H12Br2O4S. The lowest BCUT2D eigenvalue weighted by Gasteiger charge is -2.14. The van der Waals surface area contributed by atoms with Gasteiger partial charge < -0.3 is 14.6 Å². The predicted octanol–water partition coefficient (Wildman–Crippen LogP) is 4.95. The number of carbonyl (C=O) groups is 1. The van der Waals surface area contributed by atoms with Gasteiger partial charge >= 0.3 is 5.97 Å². The maximum atomic E-state index is 11.1. The molecule has 0 fully saturated rings. The van der Waals surface area contributed by atoms with E-state index in [1.165, 1.54) is 12.1 Å². The van der Waals surface area contributed by atoms with Gasteiger partial charge in [0, 0.05) is 4.47 Å². The normalized spacial score (nSPS) is 10.4. The molecule has 0 saturated heterocycles. The van der Waals surface area contributed by atoms with Crippen molar-refractivity contribution in [2.45, 2.75) is 13.5 Å². The minimum Gasteiger partial charge on any atom is -0.490 e. The Bertz CT molecular complexity index is 654. The first-order valence-electron chi connectivity index (χ1n) is 6.07. The SMILES string of the molecule is CCOc1cc(C(=O)O)cc(Br)c1OCc1sccc1Br. The zero-order valence-corrected chi connectivity index (χ0v) is 15.0. The maximum absolute atomic E-state index is 11.1. The first-order valence-corrected chi connectivity index (χ1v) is 8.53. The Balaban J connectivity index is 2.28. The Morgan fingerprint density at radius 1 is 1.29 bits per heavy atom. The van der Waals surface area contributed by atoms with E-state index in [2.05, 4.69) is 31.9 Å². The van der Waals surface area contributed by atoms with Crippen LogP contribution in [0.1, 0.15) is 22.2 Å². The summed E-state index contributed by atoms with van der Waals surface area (Å²) < 4.78 is 12.8. The molecule has 4 nitrogen and oxygen atoms in total. The summed E-state index contributed by atoms with van der Waals surface area (Å²) in [6.45, 7) is 2.64. The van der Waals surface area contributed by atoms with Crippen LogP contribution in [0.4, 0.5) is 0 Å². The predicted molar refractivity (Wildman–Crippen MR) is 88.6 cm³/mol. The number of hydrogen-bond donors (Lipinski definition) is 1. The fourth-order valence-electron chi connectivity index (χ4n) is 1.66. The summed E-state index contributed by atoms with van der Waals surface area (Å²) in [6.07, 6.45) is 0. The van der Waals surface area contributed by atoms with E-state index in [0.29, 0.717) is 29.2 Å². The summed E-state index contributed by atoms with van der Waals surface area (Å²) in [5, 5.41) is 11.1. The van der Waals surface area contributed by atoms with Gasteiger partial charge in [-0.15, -0.1) is 11.3 Å². The molecule has 0 unspecified atom stereocenters. The fourth-order valence-corrected chi connectivity index (χ4v) is 3.59. The quantitative estimate of drug-likeness (QED) is 0.697. The third-order valence-electron chi connectivity index (χ3n) is 2.59. The fraction of sp³-hybridized carbons (Fsp3) is 0.214. The molecule has 1 N–H and O–H groups in total. The van der Waals surface area contributed by atoms with Gasteiger partial charge in [0.25, 0.3) is 0 Å². The second-order valence-electron chi connectivity index (χ2n) is 4.00. The van der Waals surface area contributed by atoms with Crippen LogP contribution in [-0.2, 0) is 6.61 Å². The smallest absolute Gasteiger partial charge is 0.335 e. The number of benzene rings is 1. The largest absolute Gasteiger partial charge is 0.490 e. The van der Waals surface area contributed by atoms with Gasteiger partial charge in [-0.1, -0.05) is 0 Å². The average Bonchev–Trinajstić information content (AvgIpc) is 2.83. The van der Waals surface area contributed by atoms with Gasteiger partial charge in [-0.3, -0.25) is 0 Å². The molecule has 0 aliphatic heterocycles. The molecule has 7 heteroatoms. The molecule has 0 spiro atoms. The molecule has 0 aliphatic carbocycles. The average molecular weight is 436 g/mol. The molecule has 21 heavy (non-hydrogen) atoms. The Morgan fingerprint density at radius 3 is 2.62 bits per heavy atom. The van der Waals surface area contributed by atoms with Crippen LogP contribution in [0.3, 0.4) is 0 Å². The highest BCUT2D eigenvalue weighted by molar-refractivity contribution is 9.10. The molecular weight excluding hydrogens is 424 g/mol. The van der Waals surface area contributed by atoms with Crippen molar-refractivity contribution in [3.05, 3.63) is 43.0 Å². The summed E-state index contributed by atoms with van der Waals surface area (Å²) in [5.41, 5.74) is 0.148. The van der Waals surface area contributed by atoms with E-state index in [1.807, 2.05) is 18.4 Å². The minimum atomic E-state index is -1.01. The standard InChI is InChI=1S/C14H12Br2O4S/c1-2-19-11-6-8(14(17)18)5-10(16)13(11)20-7-12-9(15)3-4-21-12/h3-6H,2,7H2,1H3,(H,17,18). The van der Waals surface area contributed by atoms with E-state index in [-0.39, 0.29) is 5.56 Å². The first-order chi connectivity index (χ1) is 10.0. The van der Waals surface area contributed by atoms with E-state index in [9.17, 15) is 4.79 Å². The monoisotopic (exact) mass is 434 g/mol. The molecule has 0 bridgehead atoms. The molecule has 0 atom stereocenters. The zero-order chi connectivity index (χ0) is 15.4. The summed E-state index contributed by atoms with van der Waals surface area (Å²) in [6, 6.07) is 4.93. The van der Waals surface area contributed by atoms with E-state index in [1.54, 1.807) is 11.3 Å². The molecule has 1 aromatic carbocycles. The summed E-state index contributed by atoms with van der Waals surface area (Å²) in [4.78, 5) is 12.1. The number of rotatable bonds is 6. The lowest BCUT2D eigenvalue weighted by molar-refractivity contribution is 0.0696. The van der Waals surface area contributed by atoms with Crippen LogP contribution >= 0.6 is 43.2 Å². The maximum Gasteiger partial charge on any atom is 0.335 e. The topological polar surface area (TPSA) is 55.8 Å². The number of carboxylic acid groups (broad SMARTS) is 1. The van der Waals surface area contributed by atoms with E-state index in [0.717, 1.165) is 9.35 Å². The highest BCUT2D eigenvalue weighted by Gasteiger charge is 2.16. The van der Waals surface area contributed by atoms with Crippen molar-refractivity contribution in [2.24, 2.45) is 0 Å². The second kappa shape index (κ2) is 7.29. The van der Waals surface area contributed by atoms with Crippen molar-refractivity contribution >= 4 is 49.2 Å². The zero-order valence-electron chi connectivity index (χ0n) is 11.1. The van der Waals surface area contributed by atoms with Gasteiger partial charge in [-0.05, 0) is 62.4 Å². The van der Waals surface area contributed by atoms with Gasteiger partial charge in [0.05, 0.1) is 21.5 Å². The van der Waals surface area contributed by atoms with E-state index < -0.39 is 5.97 Å². The molecule has 2 rings (SSSR count). The van der Waals surface area contributed by atoms with Gasteiger partial charge in [-0.2, -0.15) is 0 Å². The van der Waals surface area contributed by atoms with Crippen molar-refractivity contribution in [2.75, 3.05) is 6.61 Å². The van der Waals surface area contributed by atoms with Crippen molar-refractivity contribution in [3.8, 4) is 11.5 Å². The van der Waals surface area contributed by atoms with E-state index >= 15 is 0 Å². The highest BCUT2D eigenvalue weighted by Crippen LogP contribution is 2.38. The number of hydrogen-bond acceptors (Lipinski definition) is 4. The van der Waals surface area contributed by atoms with Crippen LogP contribution in [0.15, 0.2) is 32.5 Å². The Labute approximate surface area is 143 Å². The van der Waals surface area contributed by atoms with Crippen LogP contribution in [0.2, 0.25) is 0 Å². The number of thiophene rings is 1. The third-order valence-corrected chi connectivity index (χ3v) is 5.08. The van der Waals surface area contributed by atoms with Crippen molar-refractivity contribution in [1.82, 2.24) is 0 Å². The molecule has 0 radical (unpaired) electrons. The summed E-state index contributed by atoms with van der Waals surface area (Å²) >= 11 is 8.37. The lowest BCUT2D eigenvalue weighted by Crippen LogP contribution is -2.03. The number of aromatic carboxylic acids is 1. The molecule has 2 aromatic rings. The number of ether oxygens (including phenoxy) is 2. The number of halogens is 2. The summed E-state index contributed by atoms with van der Waals surface area (Å²) in [5.74, 6) is -0.0942. The van der Waals surface area contributed by atoms with Crippen molar-refractivity contribution < 1.29 is 19.4 Å². The number of carboxylic acids is 1. The van der Waals surface area contributed by atoms with E-state index in [4.69, 9.17) is 14.6 Å². The Kier molecular flexibility index (Phi) is 5.66. The Hall–Kier alpha value is -1.05. The summed E-state index contributed by atoms with van der Waals surface area (Å²) in [7, 11) is 0. The second-order valence-corrected chi connectivity index (χ2v) is 6.71. The lowest BCUT2D eigenvalue weighted by atomic mass is 10.2. The van der Waals surface area contributed by atoms with Gasteiger partial charge in [-0.25, -0.2) is 4.79 Å². The van der Waals surface area contributed by atoms with Crippen LogP contribution in [0.25, 0.3) is 0 Å².